The molecule has 0 aromatic carbocycles. The van der Waals surface area contributed by atoms with Crippen LogP contribution in [0.4, 0.5) is 0 Å². The van der Waals surface area contributed by atoms with Crippen molar-refractivity contribution in [2.45, 2.75) is 51.4 Å². The van der Waals surface area contributed by atoms with E-state index >= 15 is 0 Å². The van der Waals surface area contributed by atoms with Crippen LogP contribution in [0.5, 0.6) is 0 Å². The van der Waals surface area contributed by atoms with Crippen LogP contribution in [0.15, 0.2) is 72.9 Å². The standard InChI is InChI=1S/C23H34O3/c1-26-23(25)21-19-17-15-13-11-9-7-5-3-2-4-6-8-10-12-14-16-18-20-22-24/h2-5,7,9,11,13,15,17,19,21,24H,6,8,10,12,14,16,18,20,22H2,1H3. The molecule has 0 unspecified atom stereocenters. The molecule has 0 atom stereocenters. The Kier molecular flexibility index (Phi) is 19.2. The summed E-state index contributed by atoms with van der Waals surface area (Å²) in [6, 6.07) is 0. The zero-order valence-corrected chi connectivity index (χ0v) is 16.1. The summed E-state index contributed by atoms with van der Waals surface area (Å²) in [7, 11) is 1.35. The number of aliphatic hydroxyl groups excluding tert-OH is 1. The van der Waals surface area contributed by atoms with Gasteiger partial charge in [0.25, 0.3) is 0 Å². The van der Waals surface area contributed by atoms with Crippen molar-refractivity contribution in [3.63, 3.8) is 0 Å². The summed E-state index contributed by atoms with van der Waals surface area (Å²) in [4.78, 5) is 10.8. The van der Waals surface area contributed by atoms with Crippen molar-refractivity contribution < 1.29 is 14.6 Å². The van der Waals surface area contributed by atoms with Gasteiger partial charge in [-0.05, 0) is 19.3 Å². The summed E-state index contributed by atoms with van der Waals surface area (Å²) in [5, 5.41) is 8.69. The molecule has 0 saturated carbocycles. The van der Waals surface area contributed by atoms with Gasteiger partial charge in [0.05, 0.1) is 7.11 Å². The normalized spacial score (nSPS) is 12.8. The molecule has 3 nitrogen and oxygen atoms in total. The van der Waals surface area contributed by atoms with Crippen molar-refractivity contribution in [3.8, 4) is 0 Å². The quantitative estimate of drug-likeness (QED) is 0.179. The van der Waals surface area contributed by atoms with E-state index < -0.39 is 0 Å². The second kappa shape index (κ2) is 20.9. The highest BCUT2D eigenvalue weighted by Gasteiger charge is 1.90. The van der Waals surface area contributed by atoms with E-state index in [-0.39, 0.29) is 5.97 Å². The summed E-state index contributed by atoms with van der Waals surface area (Å²) in [5.74, 6) is -0.356. The molecule has 0 heterocycles. The Morgan fingerprint density at radius 2 is 1.15 bits per heavy atom. The molecule has 1 N–H and O–H groups in total. The number of unbranched alkanes of at least 4 members (excludes halogenated alkanes) is 7. The third-order valence-electron chi connectivity index (χ3n) is 3.60. The molecule has 0 bridgehead atoms. The molecule has 0 aliphatic heterocycles. The van der Waals surface area contributed by atoms with Crippen molar-refractivity contribution in [1.82, 2.24) is 0 Å². The molecule has 0 saturated heterocycles. The highest BCUT2D eigenvalue weighted by molar-refractivity contribution is 5.82. The van der Waals surface area contributed by atoms with Gasteiger partial charge in [-0.15, -0.1) is 0 Å². The minimum atomic E-state index is -0.356. The van der Waals surface area contributed by atoms with Gasteiger partial charge in [-0.2, -0.15) is 0 Å². The number of carbonyl (C=O) groups excluding carboxylic acids is 1. The average Bonchev–Trinajstić information content (AvgIpc) is 2.66. The van der Waals surface area contributed by atoms with Crippen LogP contribution in [0.25, 0.3) is 0 Å². The fourth-order valence-corrected chi connectivity index (χ4v) is 2.15. The number of hydrogen-bond acceptors (Lipinski definition) is 3. The zero-order valence-electron chi connectivity index (χ0n) is 16.1. The Labute approximate surface area is 159 Å². The molecule has 26 heavy (non-hydrogen) atoms. The van der Waals surface area contributed by atoms with Gasteiger partial charge in [-0.1, -0.05) is 98.9 Å². The van der Waals surface area contributed by atoms with Crippen LogP contribution < -0.4 is 0 Å². The Bertz CT molecular complexity index is 494. The number of rotatable bonds is 15. The second-order valence-electron chi connectivity index (χ2n) is 5.84. The molecule has 0 spiro atoms. The van der Waals surface area contributed by atoms with Crippen molar-refractivity contribution in [2.24, 2.45) is 0 Å². The maximum Gasteiger partial charge on any atom is 0.330 e. The van der Waals surface area contributed by atoms with E-state index in [9.17, 15) is 4.79 Å². The first-order chi connectivity index (χ1) is 12.8. The van der Waals surface area contributed by atoms with Crippen molar-refractivity contribution in [1.29, 1.82) is 0 Å². The lowest BCUT2D eigenvalue weighted by atomic mass is 10.1. The summed E-state index contributed by atoms with van der Waals surface area (Å²) >= 11 is 0. The lowest BCUT2D eigenvalue weighted by molar-refractivity contribution is -0.134. The van der Waals surface area contributed by atoms with E-state index in [4.69, 9.17) is 5.11 Å². The lowest BCUT2D eigenvalue weighted by Gasteiger charge is -1.99. The number of aliphatic hydroxyl groups is 1. The summed E-state index contributed by atoms with van der Waals surface area (Å²) < 4.78 is 4.48. The van der Waals surface area contributed by atoms with Crippen molar-refractivity contribution >= 4 is 5.97 Å². The molecule has 0 radical (unpaired) electrons. The van der Waals surface area contributed by atoms with Crippen LogP contribution in [0.2, 0.25) is 0 Å². The molecule has 0 rings (SSSR count). The number of carbonyl (C=O) groups is 1. The van der Waals surface area contributed by atoms with Crippen LogP contribution in [-0.2, 0) is 9.53 Å². The third kappa shape index (κ3) is 19.9. The second-order valence-corrected chi connectivity index (χ2v) is 5.84. The van der Waals surface area contributed by atoms with Gasteiger partial charge in [0, 0.05) is 12.7 Å². The molecule has 0 aliphatic rings. The van der Waals surface area contributed by atoms with Crippen LogP contribution in [0, 0.1) is 0 Å². The maximum atomic E-state index is 10.8. The number of allylic oxidation sites excluding steroid dienone is 11. The fraction of sp³-hybridized carbons (Fsp3) is 0.435. The first-order valence-electron chi connectivity index (χ1n) is 9.50. The molecule has 144 valence electrons. The van der Waals surface area contributed by atoms with E-state index in [2.05, 4.69) is 16.9 Å². The molecule has 0 amide bonds. The minimum absolute atomic E-state index is 0.330. The molecule has 0 aromatic heterocycles. The topological polar surface area (TPSA) is 46.5 Å². The number of ether oxygens (including phenoxy) is 1. The van der Waals surface area contributed by atoms with Gasteiger partial charge in [-0.25, -0.2) is 4.79 Å². The van der Waals surface area contributed by atoms with Crippen LogP contribution in [-0.4, -0.2) is 24.8 Å². The smallest absolute Gasteiger partial charge is 0.330 e. The summed E-state index contributed by atoms with van der Waals surface area (Å²) in [6.07, 6.45) is 32.3. The first-order valence-corrected chi connectivity index (χ1v) is 9.50. The van der Waals surface area contributed by atoms with Gasteiger partial charge >= 0.3 is 5.97 Å². The predicted molar refractivity (Wildman–Crippen MR) is 111 cm³/mol. The first kappa shape index (κ1) is 23.9. The molecule has 3 heteroatoms. The van der Waals surface area contributed by atoms with Gasteiger partial charge in [0.15, 0.2) is 0 Å². The Morgan fingerprint density at radius 1 is 0.692 bits per heavy atom. The van der Waals surface area contributed by atoms with E-state index in [1.54, 1.807) is 12.2 Å². The van der Waals surface area contributed by atoms with E-state index in [0.29, 0.717) is 6.61 Å². The van der Waals surface area contributed by atoms with Gasteiger partial charge in [0.1, 0.15) is 0 Å². The van der Waals surface area contributed by atoms with E-state index in [1.807, 2.05) is 42.5 Å². The fourth-order valence-electron chi connectivity index (χ4n) is 2.15. The SMILES string of the molecule is COC(=O)C=CC=CC=CC=CC=CC=CCCCCCCCCCO. The highest BCUT2D eigenvalue weighted by atomic mass is 16.5. The minimum Gasteiger partial charge on any atom is -0.466 e. The Morgan fingerprint density at radius 3 is 1.69 bits per heavy atom. The Hall–Kier alpha value is -2.13. The number of methoxy groups -OCH3 is 1. The largest absolute Gasteiger partial charge is 0.466 e. The molecular weight excluding hydrogens is 324 g/mol. The van der Waals surface area contributed by atoms with Crippen LogP contribution >= 0.6 is 0 Å². The summed E-state index contributed by atoms with van der Waals surface area (Å²) in [5.41, 5.74) is 0. The van der Waals surface area contributed by atoms with Crippen LogP contribution in [0.1, 0.15) is 51.4 Å². The van der Waals surface area contributed by atoms with Crippen molar-refractivity contribution in [2.75, 3.05) is 13.7 Å². The lowest BCUT2D eigenvalue weighted by Crippen LogP contribution is -1.92. The van der Waals surface area contributed by atoms with Gasteiger partial charge < -0.3 is 9.84 Å². The Balaban J connectivity index is 3.58. The number of esters is 1. The van der Waals surface area contributed by atoms with Gasteiger partial charge in [0.2, 0.25) is 0 Å². The number of hydrogen-bond donors (Lipinski definition) is 1. The molecule has 0 aliphatic carbocycles. The summed E-state index contributed by atoms with van der Waals surface area (Å²) in [6.45, 7) is 0.330. The van der Waals surface area contributed by atoms with Crippen molar-refractivity contribution in [3.05, 3.63) is 72.9 Å². The van der Waals surface area contributed by atoms with Gasteiger partial charge in [-0.3, -0.25) is 0 Å². The predicted octanol–water partition coefficient (Wildman–Crippen LogP) is 5.61. The van der Waals surface area contributed by atoms with E-state index in [1.165, 1.54) is 45.3 Å². The molecule has 0 aromatic rings. The third-order valence-corrected chi connectivity index (χ3v) is 3.60. The van der Waals surface area contributed by atoms with Crippen LogP contribution in [0.3, 0.4) is 0 Å². The van der Waals surface area contributed by atoms with E-state index in [0.717, 1.165) is 19.3 Å². The molecule has 0 fully saturated rings. The highest BCUT2D eigenvalue weighted by Crippen LogP contribution is 2.08. The average molecular weight is 359 g/mol. The zero-order chi connectivity index (χ0) is 19.1. The monoisotopic (exact) mass is 358 g/mol. The molecular formula is C23H34O3. The maximum absolute atomic E-state index is 10.8.